The van der Waals surface area contributed by atoms with Crippen molar-refractivity contribution in [3.63, 3.8) is 0 Å². The molecule has 0 aliphatic rings. The summed E-state index contributed by atoms with van der Waals surface area (Å²) in [5.41, 5.74) is 2.36. The Balaban J connectivity index is 1.83. The molecule has 0 radical (unpaired) electrons. The van der Waals surface area contributed by atoms with Crippen molar-refractivity contribution in [3.8, 4) is 10.6 Å². The number of thiazole rings is 1. The second kappa shape index (κ2) is 7.29. The first kappa shape index (κ1) is 13.2. The number of unbranched alkanes of at least 4 members (excludes halogenated alkanes) is 2. The van der Waals surface area contributed by atoms with Gasteiger partial charge in [0, 0.05) is 17.5 Å². The molecule has 3 heteroatoms. The Bertz CT molecular complexity index is 451. The van der Waals surface area contributed by atoms with Gasteiger partial charge in [-0.3, -0.25) is 0 Å². The van der Waals surface area contributed by atoms with Crippen LogP contribution in [0.3, 0.4) is 0 Å². The van der Waals surface area contributed by atoms with E-state index >= 15 is 0 Å². The first-order chi connectivity index (χ1) is 8.90. The molecule has 2 aromatic rings. The molecule has 0 aliphatic carbocycles. The number of nitrogens with one attached hydrogen (secondary N) is 1. The molecule has 96 valence electrons. The maximum absolute atomic E-state index is 4.65. The molecule has 0 saturated carbocycles. The van der Waals surface area contributed by atoms with Gasteiger partial charge >= 0.3 is 0 Å². The summed E-state index contributed by atoms with van der Waals surface area (Å²) in [6.07, 6.45) is 3.84. The average molecular weight is 260 g/mol. The lowest BCUT2D eigenvalue weighted by atomic mass is 10.2. The van der Waals surface area contributed by atoms with Crippen molar-refractivity contribution in [1.29, 1.82) is 0 Å². The van der Waals surface area contributed by atoms with E-state index < -0.39 is 0 Å². The van der Waals surface area contributed by atoms with Crippen LogP contribution in [-0.2, 0) is 6.54 Å². The van der Waals surface area contributed by atoms with E-state index in [-0.39, 0.29) is 0 Å². The average Bonchev–Trinajstić information content (AvgIpc) is 2.88. The molecule has 0 bridgehead atoms. The predicted octanol–water partition coefficient (Wildman–Crippen LogP) is 4.09. The van der Waals surface area contributed by atoms with Crippen LogP contribution in [0.5, 0.6) is 0 Å². The smallest absolute Gasteiger partial charge is 0.123 e. The molecule has 0 amide bonds. The van der Waals surface area contributed by atoms with Gasteiger partial charge in [-0.15, -0.1) is 11.3 Å². The van der Waals surface area contributed by atoms with Crippen LogP contribution in [0.15, 0.2) is 35.7 Å². The van der Waals surface area contributed by atoms with Gasteiger partial charge in [-0.25, -0.2) is 4.98 Å². The van der Waals surface area contributed by atoms with Crippen LogP contribution in [-0.4, -0.2) is 11.5 Å². The Labute approximate surface area is 113 Å². The molecule has 0 spiro atoms. The normalized spacial score (nSPS) is 10.7. The standard InChI is InChI=1S/C15H20N2S/c1-2-3-7-10-16-11-14-12-18-15(17-14)13-8-5-4-6-9-13/h4-6,8-9,12,16H,2-3,7,10-11H2,1H3. The number of benzene rings is 1. The molecule has 1 aromatic heterocycles. The predicted molar refractivity (Wildman–Crippen MR) is 78.8 cm³/mol. The zero-order valence-electron chi connectivity index (χ0n) is 10.9. The van der Waals surface area contributed by atoms with Crippen molar-refractivity contribution < 1.29 is 0 Å². The summed E-state index contributed by atoms with van der Waals surface area (Å²) < 4.78 is 0. The molecule has 0 unspecified atom stereocenters. The van der Waals surface area contributed by atoms with Crippen LogP contribution in [0.1, 0.15) is 31.9 Å². The minimum absolute atomic E-state index is 0.882. The van der Waals surface area contributed by atoms with E-state index in [9.17, 15) is 0 Å². The summed E-state index contributed by atoms with van der Waals surface area (Å²) in [5.74, 6) is 0. The summed E-state index contributed by atoms with van der Waals surface area (Å²) in [6, 6.07) is 10.4. The monoisotopic (exact) mass is 260 g/mol. The van der Waals surface area contributed by atoms with Gasteiger partial charge in [0.15, 0.2) is 0 Å². The number of hydrogen-bond donors (Lipinski definition) is 1. The quantitative estimate of drug-likeness (QED) is 0.758. The summed E-state index contributed by atoms with van der Waals surface area (Å²) in [7, 11) is 0. The third-order valence-electron chi connectivity index (χ3n) is 2.84. The lowest BCUT2D eigenvalue weighted by Crippen LogP contribution is -2.14. The molecular weight excluding hydrogens is 240 g/mol. The zero-order chi connectivity index (χ0) is 12.6. The second-order valence-electron chi connectivity index (χ2n) is 4.39. The van der Waals surface area contributed by atoms with Crippen LogP contribution >= 0.6 is 11.3 Å². The minimum Gasteiger partial charge on any atom is -0.311 e. The van der Waals surface area contributed by atoms with Gasteiger partial charge < -0.3 is 5.32 Å². The van der Waals surface area contributed by atoms with Crippen LogP contribution in [0, 0.1) is 0 Å². The fraction of sp³-hybridized carbons (Fsp3) is 0.400. The highest BCUT2D eigenvalue weighted by atomic mass is 32.1. The van der Waals surface area contributed by atoms with Gasteiger partial charge in [-0.05, 0) is 13.0 Å². The third kappa shape index (κ3) is 3.93. The molecule has 1 heterocycles. The Morgan fingerprint density at radius 1 is 1.17 bits per heavy atom. The molecule has 0 atom stereocenters. The topological polar surface area (TPSA) is 24.9 Å². The van der Waals surface area contributed by atoms with Gasteiger partial charge in [0.05, 0.1) is 5.69 Å². The SMILES string of the molecule is CCCCCNCc1csc(-c2ccccc2)n1. The van der Waals surface area contributed by atoms with E-state index in [0.717, 1.165) is 23.8 Å². The highest BCUT2D eigenvalue weighted by Gasteiger charge is 2.03. The van der Waals surface area contributed by atoms with E-state index in [2.05, 4.69) is 46.9 Å². The van der Waals surface area contributed by atoms with Crippen molar-refractivity contribution in [2.45, 2.75) is 32.7 Å². The lowest BCUT2D eigenvalue weighted by Gasteiger charge is -2.01. The minimum atomic E-state index is 0.882. The second-order valence-corrected chi connectivity index (χ2v) is 5.25. The van der Waals surface area contributed by atoms with Gasteiger partial charge in [0.1, 0.15) is 5.01 Å². The maximum atomic E-state index is 4.65. The van der Waals surface area contributed by atoms with E-state index in [0.29, 0.717) is 0 Å². The van der Waals surface area contributed by atoms with Gasteiger partial charge in [0.25, 0.3) is 0 Å². The van der Waals surface area contributed by atoms with Crippen molar-refractivity contribution in [3.05, 3.63) is 41.4 Å². The number of hydrogen-bond acceptors (Lipinski definition) is 3. The van der Waals surface area contributed by atoms with Crippen LogP contribution in [0.25, 0.3) is 10.6 Å². The number of rotatable bonds is 7. The number of nitrogens with zero attached hydrogens (tertiary/aromatic N) is 1. The van der Waals surface area contributed by atoms with Gasteiger partial charge in [-0.1, -0.05) is 50.1 Å². The number of aromatic nitrogens is 1. The van der Waals surface area contributed by atoms with Crippen LogP contribution < -0.4 is 5.32 Å². The summed E-state index contributed by atoms with van der Waals surface area (Å²) >= 11 is 1.72. The van der Waals surface area contributed by atoms with Crippen LogP contribution in [0.2, 0.25) is 0 Å². The highest BCUT2D eigenvalue weighted by Crippen LogP contribution is 2.23. The van der Waals surface area contributed by atoms with E-state index in [1.54, 1.807) is 11.3 Å². The molecule has 0 aliphatic heterocycles. The Hall–Kier alpha value is -1.19. The largest absolute Gasteiger partial charge is 0.311 e. The van der Waals surface area contributed by atoms with Crippen molar-refractivity contribution in [2.75, 3.05) is 6.54 Å². The van der Waals surface area contributed by atoms with Crippen molar-refractivity contribution in [2.24, 2.45) is 0 Å². The van der Waals surface area contributed by atoms with Crippen LogP contribution in [0.4, 0.5) is 0 Å². The van der Waals surface area contributed by atoms with Gasteiger partial charge in [-0.2, -0.15) is 0 Å². The summed E-state index contributed by atoms with van der Waals surface area (Å²) in [6.45, 7) is 4.20. The molecule has 2 rings (SSSR count). The van der Waals surface area contributed by atoms with E-state index in [4.69, 9.17) is 0 Å². The van der Waals surface area contributed by atoms with Crippen molar-refractivity contribution in [1.82, 2.24) is 10.3 Å². The van der Waals surface area contributed by atoms with E-state index in [1.165, 1.54) is 24.8 Å². The molecule has 2 nitrogen and oxygen atoms in total. The Kier molecular flexibility index (Phi) is 5.36. The van der Waals surface area contributed by atoms with E-state index in [1.807, 2.05) is 6.07 Å². The summed E-state index contributed by atoms with van der Waals surface area (Å²) in [5, 5.41) is 6.71. The Morgan fingerprint density at radius 3 is 2.78 bits per heavy atom. The molecule has 0 fully saturated rings. The molecule has 1 N–H and O–H groups in total. The fourth-order valence-electron chi connectivity index (χ4n) is 1.82. The Morgan fingerprint density at radius 2 is 2.00 bits per heavy atom. The molecule has 1 aromatic carbocycles. The highest BCUT2D eigenvalue weighted by molar-refractivity contribution is 7.13. The maximum Gasteiger partial charge on any atom is 0.123 e. The zero-order valence-corrected chi connectivity index (χ0v) is 11.7. The molecular formula is C15H20N2S. The third-order valence-corrected chi connectivity index (χ3v) is 3.78. The summed E-state index contributed by atoms with van der Waals surface area (Å²) in [4.78, 5) is 4.65. The fourth-order valence-corrected chi connectivity index (χ4v) is 2.64. The molecule has 18 heavy (non-hydrogen) atoms. The molecule has 0 saturated heterocycles. The first-order valence-corrected chi connectivity index (χ1v) is 7.48. The first-order valence-electron chi connectivity index (χ1n) is 6.60. The van der Waals surface area contributed by atoms with Gasteiger partial charge in [0.2, 0.25) is 0 Å². The lowest BCUT2D eigenvalue weighted by molar-refractivity contribution is 0.612. The van der Waals surface area contributed by atoms with Crippen molar-refractivity contribution >= 4 is 11.3 Å².